The Morgan fingerprint density at radius 2 is 2.36 bits per heavy atom. The van der Waals surface area contributed by atoms with E-state index in [4.69, 9.17) is 0 Å². The summed E-state index contributed by atoms with van der Waals surface area (Å²) in [6.07, 6.45) is 0. The van der Waals surface area contributed by atoms with Crippen molar-refractivity contribution in [3.05, 3.63) is 11.8 Å². The van der Waals surface area contributed by atoms with Gasteiger partial charge in [-0.3, -0.25) is 0 Å². The summed E-state index contributed by atoms with van der Waals surface area (Å²) in [7, 11) is 0. The van der Waals surface area contributed by atoms with E-state index in [0.29, 0.717) is 11.2 Å². The molecule has 11 heavy (non-hydrogen) atoms. The Bertz CT molecular complexity index is 394. The topological polar surface area (TPSA) is 74.7 Å². The molecule has 56 valence electrons. The molecule has 2 rings (SSSR count). The molecule has 0 saturated heterocycles. The number of hydrogen-bond acceptors (Lipinski definition) is 4. The Morgan fingerprint density at radius 3 is 3.18 bits per heavy atom. The first-order valence-electron chi connectivity index (χ1n) is 3.15. The summed E-state index contributed by atoms with van der Waals surface area (Å²) in [5, 5.41) is 19.0. The first kappa shape index (κ1) is 6.09. The van der Waals surface area contributed by atoms with Gasteiger partial charge in [0, 0.05) is 11.8 Å². The van der Waals surface area contributed by atoms with E-state index in [1.165, 1.54) is 0 Å². The van der Waals surface area contributed by atoms with Gasteiger partial charge in [0.15, 0.2) is 11.2 Å². The summed E-state index contributed by atoms with van der Waals surface area (Å²) >= 11 is 0. The van der Waals surface area contributed by atoms with Crippen LogP contribution in [-0.2, 0) is 0 Å². The smallest absolute Gasteiger partial charge is 0.179 e. The molecule has 0 aliphatic heterocycles. The number of pyridine rings is 1. The van der Waals surface area contributed by atoms with Crippen LogP contribution in [0.2, 0.25) is 0 Å². The average molecular weight is 150 g/mol. The van der Waals surface area contributed by atoms with Crippen LogP contribution in [0.25, 0.3) is 11.2 Å². The number of aromatic amines is 1. The minimum absolute atomic E-state index is 0.112. The van der Waals surface area contributed by atoms with Crippen molar-refractivity contribution in [1.82, 2.24) is 20.4 Å². The van der Waals surface area contributed by atoms with Crippen LogP contribution in [0.4, 0.5) is 0 Å². The summed E-state index contributed by atoms with van der Waals surface area (Å²) in [4.78, 5) is 4.06. The number of nitrogens with one attached hydrogen (secondary N) is 1. The number of H-pyrrole nitrogens is 1. The Kier molecular flexibility index (Phi) is 1.06. The highest BCUT2D eigenvalue weighted by atomic mass is 16.3. The average Bonchev–Trinajstić information content (AvgIpc) is 2.34. The molecule has 0 unspecified atom stereocenters. The maximum atomic E-state index is 9.28. The summed E-state index contributed by atoms with van der Waals surface area (Å²) in [5.74, 6) is 0.112. The molecule has 2 aromatic rings. The fourth-order valence-electron chi connectivity index (χ4n) is 0.948. The first-order valence-corrected chi connectivity index (χ1v) is 3.15. The second-order valence-corrected chi connectivity index (χ2v) is 2.29. The van der Waals surface area contributed by atoms with Crippen molar-refractivity contribution >= 4 is 11.2 Å². The summed E-state index contributed by atoms with van der Waals surface area (Å²) < 4.78 is 0. The van der Waals surface area contributed by atoms with E-state index in [2.05, 4.69) is 20.4 Å². The molecule has 0 saturated carbocycles. The van der Waals surface area contributed by atoms with Gasteiger partial charge >= 0.3 is 0 Å². The Hall–Kier alpha value is -1.65. The standard InChI is InChI=1S/C6H6N4O/c1-3-2-4(11)5-6(7-3)9-10-8-5/h2H,1H3,(H2,7,8,9,10,11). The normalized spacial score (nSPS) is 10.6. The minimum Gasteiger partial charge on any atom is -0.505 e. The number of rotatable bonds is 0. The summed E-state index contributed by atoms with van der Waals surface area (Å²) in [6, 6.07) is 1.55. The molecule has 2 N–H and O–H groups in total. The second kappa shape index (κ2) is 1.91. The van der Waals surface area contributed by atoms with Gasteiger partial charge in [0.1, 0.15) is 5.75 Å². The first-order chi connectivity index (χ1) is 5.27. The number of aryl methyl sites for hydroxylation is 1. The molecule has 0 aliphatic carbocycles. The van der Waals surface area contributed by atoms with Crippen molar-refractivity contribution in [2.45, 2.75) is 6.92 Å². The van der Waals surface area contributed by atoms with Crippen LogP contribution in [0, 0.1) is 6.92 Å². The second-order valence-electron chi connectivity index (χ2n) is 2.29. The van der Waals surface area contributed by atoms with E-state index >= 15 is 0 Å². The van der Waals surface area contributed by atoms with Crippen LogP contribution in [0.15, 0.2) is 6.07 Å². The zero-order valence-corrected chi connectivity index (χ0v) is 5.87. The molecule has 0 aliphatic rings. The molecule has 5 heteroatoms. The van der Waals surface area contributed by atoms with E-state index in [9.17, 15) is 5.11 Å². The number of hydrogen-bond donors (Lipinski definition) is 2. The van der Waals surface area contributed by atoms with E-state index in [-0.39, 0.29) is 5.75 Å². The van der Waals surface area contributed by atoms with Crippen LogP contribution in [0.5, 0.6) is 5.75 Å². The van der Waals surface area contributed by atoms with Gasteiger partial charge in [0.25, 0.3) is 0 Å². The molecule has 0 fully saturated rings. The number of aromatic hydroxyl groups is 1. The third kappa shape index (κ3) is 0.813. The van der Waals surface area contributed by atoms with Crippen LogP contribution in [0.3, 0.4) is 0 Å². The molecule has 0 amide bonds. The molecule has 5 nitrogen and oxygen atoms in total. The van der Waals surface area contributed by atoms with E-state index in [1.54, 1.807) is 13.0 Å². The predicted octanol–water partition coefficient (Wildman–Crippen LogP) is 0.367. The molecule has 0 spiro atoms. The Balaban J connectivity index is 2.91. The van der Waals surface area contributed by atoms with Crippen molar-refractivity contribution in [3.8, 4) is 5.75 Å². The maximum absolute atomic E-state index is 9.28. The number of nitrogens with zero attached hydrogens (tertiary/aromatic N) is 3. The van der Waals surface area contributed by atoms with Crippen molar-refractivity contribution < 1.29 is 5.11 Å². The third-order valence-electron chi connectivity index (χ3n) is 1.41. The molecule has 0 bridgehead atoms. The lowest BCUT2D eigenvalue weighted by Crippen LogP contribution is -1.82. The van der Waals surface area contributed by atoms with Crippen LogP contribution < -0.4 is 0 Å². The fourth-order valence-corrected chi connectivity index (χ4v) is 0.948. The molecule has 0 atom stereocenters. The molecule has 2 heterocycles. The highest BCUT2D eigenvalue weighted by molar-refractivity contribution is 5.76. The summed E-state index contributed by atoms with van der Waals surface area (Å²) in [5.41, 5.74) is 1.67. The third-order valence-corrected chi connectivity index (χ3v) is 1.41. The van der Waals surface area contributed by atoms with Gasteiger partial charge in [-0.15, -0.1) is 5.10 Å². The van der Waals surface area contributed by atoms with Gasteiger partial charge in [-0.2, -0.15) is 0 Å². The van der Waals surface area contributed by atoms with Crippen molar-refractivity contribution in [2.75, 3.05) is 0 Å². The van der Waals surface area contributed by atoms with Gasteiger partial charge in [0.05, 0.1) is 0 Å². The van der Waals surface area contributed by atoms with Crippen LogP contribution in [-0.4, -0.2) is 25.5 Å². The van der Waals surface area contributed by atoms with Gasteiger partial charge in [0.2, 0.25) is 0 Å². The molecule has 0 aromatic carbocycles. The van der Waals surface area contributed by atoms with Gasteiger partial charge in [-0.05, 0) is 6.92 Å². The van der Waals surface area contributed by atoms with Crippen molar-refractivity contribution in [3.63, 3.8) is 0 Å². The van der Waals surface area contributed by atoms with Crippen molar-refractivity contribution in [1.29, 1.82) is 0 Å². The fraction of sp³-hybridized carbons (Fsp3) is 0.167. The monoisotopic (exact) mass is 150 g/mol. The molecular weight excluding hydrogens is 144 g/mol. The van der Waals surface area contributed by atoms with Crippen LogP contribution in [0.1, 0.15) is 5.69 Å². The highest BCUT2D eigenvalue weighted by Crippen LogP contribution is 2.18. The minimum atomic E-state index is 0.112. The Morgan fingerprint density at radius 1 is 1.55 bits per heavy atom. The lowest BCUT2D eigenvalue weighted by atomic mass is 10.3. The molecule has 0 radical (unpaired) electrons. The lowest BCUT2D eigenvalue weighted by Gasteiger charge is -1.92. The summed E-state index contributed by atoms with van der Waals surface area (Å²) in [6.45, 7) is 1.79. The maximum Gasteiger partial charge on any atom is 0.179 e. The quantitative estimate of drug-likeness (QED) is 0.568. The molecule has 2 aromatic heterocycles. The van der Waals surface area contributed by atoms with Crippen LogP contribution >= 0.6 is 0 Å². The van der Waals surface area contributed by atoms with Gasteiger partial charge in [-0.25, -0.2) is 10.1 Å². The molecular formula is C6H6N4O. The largest absolute Gasteiger partial charge is 0.505 e. The lowest BCUT2D eigenvalue weighted by molar-refractivity contribution is 0.479. The number of fused-ring (bicyclic) bond motifs is 1. The van der Waals surface area contributed by atoms with E-state index in [0.717, 1.165) is 5.69 Å². The number of aromatic nitrogens is 4. The predicted molar refractivity (Wildman–Crippen MR) is 38.1 cm³/mol. The Labute approximate surface area is 62.1 Å². The zero-order valence-electron chi connectivity index (χ0n) is 5.87. The SMILES string of the molecule is Cc1cc(O)c2nn[nH]c2n1. The highest BCUT2D eigenvalue weighted by Gasteiger charge is 2.04. The van der Waals surface area contributed by atoms with Gasteiger partial charge < -0.3 is 5.11 Å². The van der Waals surface area contributed by atoms with E-state index < -0.39 is 0 Å². The zero-order chi connectivity index (χ0) is 7.84. The van der Waals surface area contributed by atoms with Gasteiger partial charge in [-0.1, -0.05) is 5.21 Å². The van der Waals surface area contributed by atoms with E-state index in [1.807, 2.05) is 0 Å². The van der Waals surface area contributed by atoms with Crippen molar-refractivity contribution in [2.24, 2.45) is 0 Å².